The number of benzene rings is 2. The van der Waals surface area contributed by atoms with Crippen molar-refractivity contribution in [1.82, 2.24) is 20.0 Å². The van der Waals surface area contributed by atoms with Crippen molar-refractivity contribution in [2.45, 2.75) is 68.9 Å². The minimum atomic E-state index is 0.144. The van der Waals surface area contributed by atoms with E-state index in [1.807, 2.05) is 0 Å². The van der Waals surface area contributed by atoms with Crippen LogP contribution in [0.4, 0.5) is 0 Å². The Bertz CT molecular complexity index is 1030. The van der Waals surface area contributed by atoms with Crippen LogP contribution < -0.4 is 5.32 Å². The molecular formula is C34H48N4O. The molecule has 0 aromatic heterocycles. The lowest BCUT2D eigenvalue weighted by Gasteiger charge is -2.63. The Morgan fingerprint density at radius 2 is 1.38 bits per heavy atom. The molecule has 2 aromatic rings. The molecule has 2 saturated heterocycles. The van der Waals surface area contributed by atoms with Gasteiger partial charge in [0.25, 0.3) is 0 Å². The van der Waals surface area contributed by atoms with Crippen LogP contribution in [0.25, 0.3) is 0 Å². The molecular weight excluding hydrogens is 480 g/mol. The number of nitrogens with one attached hydrogen (secondary N) is 1. The number of piperidine rings is 1. The first-order chi connectivity index (χ1) is 19.0. The summed E-state index contributed by atoms with van der Waals surface area (Å²) in [6, 6.07) is 22.7. The standard InChI is InChI=1S/C34H48N4O/c1-26-13-17-38(18-14-26)34-23-29(27-9-5-3-6-10-27)33(30(24-34)28-11-7-4-8-12-28)31(25-34)35-32(39)15-16-37-21-19-36(2)20-22-37/h3-12,26,29-31,33H,13-25H2,1-2H3,(H,35,39)/t29-,30-,31-,33?,34?/m0/s1. The fourth-order valence-corrected chi connectivity index (χ4v) is 8.44. The summed E-state index contributed by atoms with van der Waals surface area (Å²) in [5, 5.41) is 3.67. The second-order valence-corrected chi connectivity index (χ2v) is 13.2. The summed E-state index contributed by atoms with van der Waals surface area (Å²) in [7, 11) is 2.19. The smallest absolute Gasteiger partial charge is 0.221 e. The van der Waals surface area contributed by atoms with E-state index >= 15 is 0 Å². The van der Waals surface area contributed by atoms with Crippen molar-refractivity contribution in [3.8, 4) is 0 Å². The number of hydrogen-bond donors (Lipinski definition) is 1. The molecule has 39 heavy (non-hydrogen) atoms. The van der Waals surface area contributed by atoms with E-state index in [9.17, 15) is 4.79 Å². The van der Waals surface area contributed by atoms with Crippen LogP contribution in [0.1, 0.15) is 68.4 Å². The predicted octanol–water partition coefficient (Wildman–Crippen LogP) is 4.96. The van der Waals surface area contributed by atoms with Crippen LogP contribution in [-0.2, 0) is 4.79 Å². The van der Waals surface area contributed by atoms with Gasteiger partial charge in [0, 0.05) is 50.7 Å². The zero-order valence-corrected chi connectivity index (χ0v) is 24.1. The van der Waals surface area contributed by atoms with E-state index in [0.29, 0.717) is 24.2 Å². The van der Waals surface area contributed by atoms with Gasteiger partial charge in [-0.05, 0) is 87.0 Å². The van der Waals surface area contributed by atoms with Crippen molar-refractivity contribution >= 4 is 5.91 Å². The van der Waals surface area contributed by atoms with Crippen LogP contribution in [-0.4, -0.2) is 85.0 Å². The summed E-state index contributed by atoms with van der Waals surface area (Å²) in [5.41, 5.74) is 3.05. The van der Waals surface area contributed by atoms with E-state index in [1.54, 1.807) is 0 Å². The molecule has 5 aliphatic rings. The number of fused-ring (bicyclic) bond motifs is 3. The van der Waals surface area contributed by atoms with E-state index < -0.39 is 0 Å². The lowest BCUT2D eigenvalue weighted by Crippen LogP contribution is -2.66. The molecule has 1 N–H and O–H groups in total. The van der Waals surface area contributed by atoms with Crippen molar-refractivity contribution in [3.63, 3.8) is 0 Å². The minimum absolute atomic E-state index is 0.144. The van der Waals surface area contributed by atoms with E-state index in [1.165, 1.54) is 49.9 Å². The normalized spacial score (nSPS) is 32.8. The first-order valence-electron chi connectivity index (χ1n) is 15.6. The van der Waals surface area contributed by atoms with Crippen molar-refractivity contribution in [2.75, 3.05) is 52.9 Å². The van der Waals surface area contributed by atoms with Gasteiger partial charge in [-0.3, -0.25) is 9.69 Å². The first-order valence-corrected chi connectivity index (χ1v) is 15.6. The highest BCUT2D eigenvalue weighted by molar-refractivity contribution is 5.76. The topological polar surface area (TPSA) is 38.8 Å². The molecule has 3 atom stereocenters. The summed E-state index contributed by atoms with van der Waals surface area (Å²) >= 11 is 0. The minimum Gasteiger partial charge on any atom is -0.353 e. The predicted molar refractivity (Wildman–Crippen MR) is 159 cm³/mol. The zero-order valence-electron chi connectivity index (χ0n) is 24.1. The maximum atomic E-state index is 13.5. The molecule has 5 heteroatoms. The fourth-order valence-electron chi connectivity index (χ4n) is 8.44. The maximum absolute atomic E-state index is 13.5. The average molecular weight is 529 g/mol. The molecule has 0 radical (unpaired) electrons. The van der Waals surface area contributed by atoms with Crippen LogP contribution in [0.15, 0.2) is 60.7 Å². The molecule has 0 spiro atoms. The number of likely N-dealkylation sites (N-methyl/N-ethyl adjacent to an activating group) is 1. The molecule has 5 fully saturated rings. The van der Waals surface area contributed by atoms with Crippen LogP contribution in [0, 0.1) is 11.8 Å². The van der Waals surface area contributed by atoms with Crippen molar-refractivity contribution < 1.29 is 4.79 Å². The SMILES string of the molecule is CC1CCN(C23C[C@H](NC(=O)CCN4CCN(C)CC4)C([C@H](c4ccccc4)C2)[C@H](c2ccccc2)C3)CC1. The van der Waals surface area contributed by atoms with Gasteiger partial charge in [-0.2, -0.15) is 0 Å². The molecule has 1 amide bonds. The fraction of sp³-hybridized carbons (Fsp3) is 0.618. The number of hydrogen-bond acceptors (Lipinski definition) is 4. The Hall–Kier alpha value is -2.21. The Labute approximate surface area is 235 Å². The number of nitrogens with zero attached hydrogens (tertiary/aromatic N) is 3. The van der Waals surface area contributed by atoms with Gasteiger partial charge in [0.1, 0.15) is 0 Å². The van der Waals surface area contributed by atoms with Gasteiger partial charge in [0.05, 0.1) is 0 Å². The third-order valence-corrected chi connectivity index (χ3v) is 10.7. The zero-order chi connectivity index (χ0) is 26.8. The van der Waals surface area contributed by atoms with Gasteiger partial charge < -0.3 is 15.1 Å². The van der Waals surface area contributed by atoms with Crippen molar-refractivity contribution in [1.29, 1.82) is 0 Å². The molecule has 2 aliphatic heterocycles. The molecule has 3 aliphatic carbocycles. The second kappa shape index (κ2) is 11.7. The monoisotopic (exact) mass is 528 g/mol. The Morgan fingerprint density at radius 3 is 1.95 bits per heavy atom. The van der Waals surface area contributed by atoms with Crippen LogP contribution >= 0.6 is 0 Å². The highest BCUT2D eigenvalue weighted by Gasteiger charge is 2.58. The Kier molecular flexibility index (Phi) is 8.11. The molecule has 3 saturated carbocycles. The van der Waals surface area contributed by atoms with E-state index in [0.717, 1.165) is 45.1 Å². The van der Waals surface area contributed by atoms with Crippen LogP contribution in [0.3, 0.4) is 0 Å². The number of amides is 1. The highest BCUT2D eigenvalue weighted by Crippen LogP contribution is 2.60. The molecule has 5 nitrogen and oxygen atoms in total. The van der Waals surface area contributed by atoms with Gasteiger partial charge in [0.2, 0.25) is 5.91 Å². The molecule has 210 valence electrons. The van der Waals surface area contributed by atoms with Gasteiger partial charge in [-0.15, -0.1) is 0 Å². The highest BCUT2D eigenvalue weighted by atomic mass is 16.1. The van der Waals surface area contributed by atoms with E-state index in [4.69, 9.17) is 0 Å². The largest absolute Gasteiger partial charge is 0.353 e. The average Bonchev–Trinajstić information content (AvgIpc) is 2.98. The van der Waals surface area contributed by atoms with Crippen molar-refractivity contribution in [2.24, 2.45) is 11.8 Å². The third kappa shape index (κ3) is 5.82. The summed E-state index contributed by atoms with van der Waals surface area (Å²) in [5.74, 6) is 2.40. The summed E-state index contributed by atoms with van der Waals surface area (Å²) in [4.78, 5) is 21.2. The van der Waals surface area contributed by atoms with Crippen LogP contribution in [0.5, 0.6) is 0 Å². The lowest BCUT2D eigenvalue weighted by atomic mass is 9.50. The summed E-state index contributed by atoms with van der Waals surface area (Å²) < 4.78 is 0. The molecule has 2 bridgehead atoms. The summed E-state index contributed by atoms with van der Waals surface area (Å²) in [6.07, 6.45) is 6.71. The Balaban J connectivity index is 1.29. The maximum Gasteiger partial charge on any atom is 0.221 e. The van der Waals surface area contributed by atoms with E-state index in [-0.39, 0.29) is 17.5 Å². The molecule has 2 aromatic carbocycles. The van der Waals surface area contributed by atoms with Gasteiger partial charge in [0.15, 0.2) is 0 Å². The first kappa shape index (κ1) is 27.0. The molecule has 0 unspecified atom stereocenters. The Morgan fingerprint density at radius 1 is 0.821 bits per heavy atom. The quantitative estimate of drug-likeness (QED) is 0.551. The summed E-state index contributed by atoms with van der Waals surface area (Å²) in [6.45, 7) is 10.0. The van der Waals surface area contributed by atoms with Crippen LogP contribution in [0.2, 0.25) is 0 Å². The third-order valence-electron chi connectivity index (χ3n) is 10.7. The number of carbonyl (C=O) groups excluding carboxylic acids is 1. The molecule has 2 heterocycles. The number of piperazine rings is 1. The number of likely N-dealkylation sites (tertiary alicyclic amines) is 1. The lowest BCUT2D eigenvalue weighted by molar-refractivity contribution is -0.126. The number of rotatable bonds is 7. The number of carbonyl (C=O) groups is 1. The second-order valence-electron chi connectivity index (χ2n) is 13.2. The van der Waals surface area contributed by atoms with Gasteiger partial charge in [-0.1, -0.05) is 67.6 Å². The van der Waals surface area contributed by atoms with E-state index in [2.05, 4.69) is 94.7 Å². The van der Waals surface area contributed by atoms with Gasteiger partial charge in [-0.25, -0.2) is 0 Å². The molecule has 7 rings (SSSR count). The van der Waals surface area contributed by atoms with Crippen molar-refractivity contribution in [3.05, 3.63) is 71.8 Å². The van der Waals surface area contributed by atoms with Gasteiger partial charge >= 0.3 is 0 Å².